The molecule has 0 spiro atoms. The zero-order chi connectivity index (χ0) is 18.2. The van der Waals surface area contributed by atoms with Crippen LogP contribution in [0.3, 0.4) is 0 Å². The maximum absolute atomic E-state index is 13.8. The predicted octanol–water partition coefficient (Wildman–Crippen LogP) is 6.26. The normalized spacial score (nSPS) is 11.7. The Morgan fingerprint density at radius 1 is 0.923 bits per heavy atom. The molecular weight excluding hydrogens is 345 g/mol. The van der Waals surface area contributed by atoms with Crippen LogP contribution in [0.1, 0.15) is 5.56 Å². The van der Waals surface area contributed by atoms with Crippen LogP contribution in [0.2, 0.25) is 0 Å². The van der Waals surface area contributed by atoms with Gasteiger partial charge in [-0.15, -0.1) is 0 Å². The first-order chi connectivity index (χ1) is 12.8. The summed E-state index contributed by atoms with van der Waals surface area (Å²) >= 11 is 1.33. The lowest BCUT2D eigenvalue weighted by Crippen LogP contribution is -1.96. The first-order valence-electron chi connectivity index (χ1n) is 8.12. The van der Waals surface area contributed by atoms with Gasteiger partial charge in [0.2, 0.25) is 0 Å². The summed E-state index contributed by atoms with van der Waals surface area (Å²) in [6.45, 7) is 0. The minimum absolute atomic E-state index is 0.229. The largest absolute Gasteiger partial charge is 0.497 e. The van der Waals surface area contributed by atoms with Crippen molar-refractivity contribution in [1.82, 2.24) is 0 Å². The molecule has 0 aliphatic rings. The third-order valence-corrected chi connectivity index (χ3v) is 4.51. The molecule has 0 atom stereocenters. The lowest BCUT2D eigenvalue weighted by Gasteiger charge is -2.05. The molecule has 0 fully saturated rings. The van der Waals surface area contributed by atoms with Crippen LogP contribution in [-0.2, 0) is 0 Å². The Morgan fingerprint density at radius 2 is 1.62 bits per heavy atom. The van der Waals surface area contributed by atoms with Crippen molar-refractivity contribution in [3.63, 3.8) is 0 Å². The monoisotopic (exact) mass is 363 g/mol. The lowest BCUT2D eigenvalue weighted by molar-refractivity contribution is 0.415. The number of benzene rings is 3. The van der Waals surface area contributed by atoms with E-state index in [0.29, 0.717) is 4.90 Å². The van der Waals surface area contributed by atoms with Crippen LogP contribution in [-0.4, -0.2) is 12.8 Å². The molecule has 0 aliphatic carbocycles. The number of nitrogens with zero attached hydrogens (tertiary/aromatic N) is 1. The molecule has 26 heavy (non-hydrogen) atoms. The maximum Gasteiger partial charge on any atom is 0.137 e. The molecule has 0 saturated carbocycles. The summed E-state index contributed by atoms with van der Waals surface area (Å²) in [6, 6.07) is 24.2. The standard InChI is InChI=1S/C22H18FNOS/c1-25-19-13-11-17(12-14-19)21(24-18-7-3-2-4-8-18)15-16-26-22-10-6-5-9-20(22)23/h2-16H,1H3. The Hall–Kier alpha value is -2.85. The van der Waals surface area contributed by atoms with Gasteiger partial charge < -0.3 is 4.74 Å². The number of methoxy groups -OCH3 is 1. The maximum atomic E-state index is 13.8. The second kappa shape index (κ2) is 9.02. The molecule has 0 aliphatic heterocycles. The topological polar surface area (TPSA) is 21.6 Å². The van der Waals surface area contributed by atoms with Gasteiger partial charge in [-0.1, -0.05) is 42.1 Å². The van der Waals surface area contributed by atoms with E-state index in [0.717, 1.165) is 22.7 Å². The van der Waals surface area contributed by atoms with Crippen LogP contribution in [0.5, 0.6) is 5.75 Å². The van der Waals surface area contributed by atoms with Crippen LogP contribution in [0.4, 0.5) is 10.1 Å². The molecule has 3 aromatic rings. The SMILES string of the molecule is COc1ccc(C(C=CSc2ccccc2F)=Nc2ccccc2)cc1. The van der Waals surface area contributed by atoms with Crippen LogP contribution in [0, 0.1) is 5.82 Å². The fourth-order valence-electron chi connectivity index (χ4n) is 2.31. The minimum atomic E-state index is -0.229. The highest BCUT2D eigenvalue weighted by molar-refractivity contribution is 8.02. The van der Waals surface area contributed by atoms with E-state index in [1.165, 1.54) is 17.8 Å². The van der Waals surface area contributed by atoms with E-state index >= 15 is 0 Å². The fourth-order valence-corrected chi connectivity index (χ4v) is 2.99. The molecule has 0 bridgehead atoms. The number of hydrogen-bond donors (Lipinski definition) is 0. The second-order valence-corrected chi connectivity index (χ2v) is 6.36. The van der Waals surface area contributed by atoms with Gasteiger partial charge in [-0.2, -0.15) is 0 Å². The highest BCUT2D eigenvalue weighted by atomic mass is 32.2. The highest BCUT2D eigenvalue weighted by Crippen LogP contribution is 2.23. The van der Waals surface area contributed by atoms with Gasteiger partial charge in [0, 0.05) is 10.5 Å². The van der Waals surface area contributed by atoms with Gasteiger partial charge in [0.1, 0.15) is 11.6 Å². The van der Waals surface area contributed by atoms with Gasteiger partial charge in [-0.25, -0.2) is 9.38 Å². The van der Waals surface area contributed by atoms with E-state index in [2.05, 4.69) is 0 Å². The number of para-hydroxylation sites is 1. The Labute approximate surface area is 157 Å². The summed E-state index contributed by atoms with van der Waals surface area (Å²) in [5.41, 5.74) is 2.61. The Bertz CT molecular complexity index is 905. The molecule has 0 heterocycles. The predicted molar refractivity (Wildman–Crippen MR) is 107 cm³/mol. The average Bonchev–Trinajstić information content (AvgIpc) is 2.69. The van der Waals surface area contributed by atoms with Gasteiger partial charge in [0.15, 0.2) is 0 Å². The third-order valence-electron chi connectivity index (χ3n) is 3.65. The minimum Gasteiger partial charge on any atom is -0.497 e. The summed E-state index contributed by atoms with van der Waals surface area (Å²) in [5.74, 6) is 0.561. The van der Waals surface area contributed by atoms with Crippen molar-refractivity contribution in [2.24, 2.45) is 4.99 Å². The van der Waals surface area contributed by atoms with Crippen molar-refractivity contribution in [3.8, 4) is 5.75 Å². The Balaban J connectivity index is 1.88. The molecule has 0 N–H and O–H groups in total. The number of ether oxygens (including phenoxy) is 1. The van der Waals surface area contributed by atoms with E-state index in [4.69, 9.17) is 9.73 Å². The van der Waals surface area contributed by atoms with Crippen molar-refractivity contribution in [2.45, 2.75) is 4.90 Å². The quantitative estimate of drug-likeness (QED) is 0.381. The molecule has 0 amide bonds. The number of halogens is 1. The van der Waals surface area contributed by atoms with E-state index in [1.807, 2.05) is 72.1 Å². The Kier molecular flexibility index (Phi) is 6.23. The van der Waals surface area contributed by atoms with E-state index in [9.17, 15) is 4.39 Å². The van der Waals surface area contributed by atoms with Crippen LogP contribution in [0.25, 0.3) is 0 Å². The van der Waals surface area contributed by atoms with Crippen molar-refractivity contribution in [3.05, 3.63) is 102 Å². The van der Waals surface area contributed by atoms with Gasteiger partial charge in [-0.3, -0.25) is 0 Å². The molecule has 0 unspecified atom stereocenters. The molecule has 2 nitrogen and oxygen atoms in total. The molecular formula is C22H18FNOS. The number of thioether (sulfide) groups is 1. The van der Waals surface area contributed by atoms with Gasteiger partial charge in [0.25, 0.3) is 0 Å². The number of aliphatic imine (C=N–C) groups is 1. The second-order valence-electron chi connectivity index (χ2n) is 5.41. The molecule has 0 aromatic heterocycles. The van der Waals surface area contributed by atoms with Gasteiger partial charge >= 0.3 is 0 Å². The number of rotatable bonds is 6. The fraction of sp³-hybridized carbons (Fsp3) is 0.0455. The zero-order valence-electron chi connectivity index (χ0n) is 14.3. The molecule has 3 rings (SSSR count). The van der Waals surface area contributed by atoms with Crippen molar-refractivity contribution in [2.75, 3.05) is 7.11 Å². The first kappa shape index (κ1) is 18.0. The highest BCUT2D eigenvalue weighted by Gasteiger charge is 2.03. The summed E-state index contributed by atoms with van der Waals surface area (Å²) < 4.78 is 19.0. The molecule has 3 aromatic carbocycles. The molecule has 0 saturated heterocycles. The Morgan fingerprint density at radius 3 is 2.31 bits per heavy atom. The van der Waals surface area contributed by atoms with Crippen molar-refractivity contribution in [1.29, 1.82) is 0 Å². The van der Waals surface area contributed by atoms with E-state index in [1.54, 1.807) is 19.2 Å². The van der Waals surface area contributed by atoms with E-state index in [-0.39, 0.29) is 5.82 Å². The van der Waals surface area contributed by atoms with E-state index < -0.39 is 0 Å². The number of hydrogen-bond acceptors (Lipinski definition) is 3. The number of allylic oxidation sites excluding steroid dienone is 1. The zero-order valence-corrected chi connectivity index (χ0v) is 15.1. The van der Waals surface area contributed by atoms with Gasteiger partial charge in [-0.05, 0) is 60.0 Å². The van der Waals surface area contributed by atoms with Crippen molar-refractivity contribution < 1.29 is 9.13 Å². The molecule has 130 valence electrons. The first-order valence-corrected chi connectivity index (χ1v) is 9.00. The summed E-state index contributed by atoms with van der Waals surface area (Å²) in [4.78, 5) is 5.30. The summed E-state index contributed by atoms with van der Waals surface area (Å²) in [5, 5.41) is 1.85. The summed E-state index contributed by atoms with van der Waals surface area (Å²) in [7, 11) is 1.64. The molecule has 0 radical (unpaired) electrons. The smallest absolute Gasteiger partial charge is 0.137 e. The average molecular weight is 363 g/mol. The van der Waals surface area contributed by atoms with Crippen LogP contribution >= 0.6 is 11.8 Å². The lowest BCUT2D eigenvalue weighted by atomic mass is 10.1. The molecule has 4 heteroatoms. The third kappa shape index (κ3) is 4.83. The van der Waals surface area contributed by atoms with Crippen molar-refractivity contribution >= 4 is 23.2 Å². The van der Waals surface area contributed by atoms with Gasteiger partial charge in [0.05, 0.1) is 18.5 Å². The summed E-state index contributed by atoms with van der Waals surface area (Å²) in [6.07, 6.45) is 1.89. The van der Waals surface area contributed by atoms with Crippen LogP contribution in [0.15, 0.2) is 100 Å². The van der Waals surface area contributed by atoms with Crippen LogP contribution < -0.4 is 4.74 Å².